The van der Waals surface area contributed by atoms with Gasteiger partial charge in [0.15, 0.2) is 5.75 Å². The molecule has 1 aromatic heterocycles. The van der Waals surface area contributed by atoms with Crippen LogP contribution in [0.15, 0.2) is 48.5 Å². The lowest BCUT2D eigenvalue weighted by molar-refractivity contribution is -0.106. The summed E-state index contributed by atoms with van der Waals surface area (Å²) >= 11 is 0. The first-order valence-corrected chi connectivity index (χ1v) is 12.2. The first kappa shape index (κ1) is 29.5. The minimum Gasteiger partial charge on any atom is -0.504 e. The van der Waals surface area contributed by atoms with Crippen molar-refractivity contribution in [2.45, 2.75) is 53.8 Å². The van der Waals surface area contributed by atoms with Gasteiger partial charge in [0.2, 0.25) is 6.41 Å². The molecule has 3 aromatic rings. The number of ether oxygens (including phenoxy) is 1. The average molecular weight is 484 g/mol. The third-order valence-electron chi connectivity index (χ3n) is 5.30. The van der Waals surface area contributed by atoms with Gasteiger partial charge in [0, 0.05) is 32.7 Å². The fourth-order valence-corrected chi connectivity index (χ4v) is 3.67. The Kier molecular flexibility index (Phi) is 13.0. The lowest BCUT2D eigenvalue weighted by Gasteiger charge is -2.22. The molecule has 2 heterocycles. The summed E-state index contributed by atoms with van der Waals surface area (Å²) in [4.78, 5) is 10.8. The van der Waals surface area contributed by atoms with Crippen LogP contribution in [0.4, 0.5) is 11.4 Å². The molecule has 0 fully saturated rings. The van der Waals surface area contributed by atoms with E-state index < -0.39 is 0 Å². The number of anilines is 2. The second kappa shape index (κ2) is 15.4. The van der Waals surface area contributed by atoms with Gasteiger partial charge in [-0.3, -0.25) is 9.48 Å². The number of aryl methyl sites for hydroxylation is 1. The Hall–Kier alpha value is -3.52. The van der Waals surface area contributed by atoms with Crippen LogP contribution in [0.3, 0.4) is 0 Å². The van der Waals surface area contributed by atoms with Crippen LogP contribution < -0.4 is 16.0 Å². The van der Waals surface area contributed by atoms with E-state index in [0.717, 1.165) is 22.5 Å². The van der Waals surface area contributed by atoms with Gasteiger partial charge in [0.25, 0.3) is 0 Å². The van der Waals surface area contributed by atoms with Crippen LogP contribution in [0, 0.1) is 0 Å². The quantitative estimate of drug-likeness (QED) is 0.430. The second-order valence-corrected chi connectivity index (χ2v) is 7.23. The SMILES string of the molecule is CC.CC.CCOCc1ccc(-c2nn(C)c(CC3Nc4ccccc4N3C)c2O)cc1.NC=O. The topological polar surface area (TPSA) is 106 Å². The van der Waals surface area contributed by atoms with Crippen molar-refractivity contribution in [3.8, 4) is 17.0 Å². The van der Waals surface area contributed by atoms with Crippen molar-refractivity contribution in [2.24, 2.45) is 12.8 Å². The Morgan fingerprint density at radius 3 is 2.26 bits per heavy atom. The fourth-order valence-electron chi connectivity index (χ4n) is 3.67. The Morgan fingerprint density at radius 2 is 1.69 bits per heavy atom. The van der Waals surface area contributed by atoms with E-state index in [-0.39, 0.29) is 18.3 Å². The molecule has 8 nitrogen and oxygen atoms in total. The van der Waals surface area contributed by atoms with Gasteiger partial charge in [0.05, 0.1) is 23.7 Å². The van der Waals surface area contributed by atoms with E-state index in [9.17, 15) is 5.11 Å². The highest BCUT2D eigenvalue weighted by molar-refractivity contribution is 5.76. The number of para-hydroxylation sites is 2. The number of hydrogen-bond acceptors (Lipinski definition) is 6. The standard InChI is InChI=1S/C22H26N4O2.2C2H6.CH3NO/c1-4-28-14-15-9-11-16(12-10-15)21-22(27)19(26(3)24-21)13-20-23-17-7-5-6-8-18(17)25(20)2;2*1-2;2-1-3/h5-12,20,23,27H,4,13-14H2,1-3H3;2*1-2H3;1H,(H2,2,3). The van der Waals surface area contributed by atoms with E-state index in [1.54, 1.807) is 4.68 Å². The Labute approximate surface area is 209 Å². The van der Waals surface area contributed by atoms with E-state index in [1.807, 2.05) is 78.1 Å². The third-order valence-corrected chi connectivity index (χ3v) is 5.30. The van der Waals surface area contributed by atoms with Crippen LogP contribution in [0.5, 0.6) is 5.75 Å². The Bertz CT molecular complexity index is 1020. The molecular weight excluding hydrogens is 442 g/mol. The van der Waals surface area contributed by atoms with Crippen LogP contribution in [-0.4, -0.2) is 41.1 Å². The van der Waals surface area contributed by atoms with E-state index >= 15 is 0 Å². The number of likely N-dealkylation sites (N-methyl/N-ethyl adjacent to an activating group) is 1. The van der Waals surface area contributed by atoms with Crippen molar-refractivity contribution < 1.29 is 14.6 Å². The van der Waals surface area contributed by atoms with E-state index in [1.165, 1.54) is 5.69 Å². The zero-order valence-corrected chi connectivity index (χ0v) is 22.1. The van der Waals surface area contributed by atoms with Gasteiger partial charge in [-0.1, -0.05) is 64.1 Å². The number of nitrogens with zero attached hydrogens (tertiary/aromatic N) is 3. The Balaban J connectivity index is 0.000000797. The molecule has 0 bridgehead atoms. The minimum atomic E-state index is 0.0696. The predicted octanol–water partition coefficient (Wildman–Crippen LogP) is 4.91. The second-order valence-electron chi connectivity index (χ2n) is 7.23. The molecule has 1 atom stereocenters. The van der Waals surface area contributed by atoms with Gasteiger partial charge in [-0.05, 0) is 24.6 Å². The summed E-state index contributed by atoms with van der Waals surface area (Å²) in [6, 6.07) is 16.2. The lowest BCUT2D eigenvalue weighted by Crippen LogP contribution is -2.34. The molecule has 4 N–H and O–H groups in total. The molecule has 8 heteroatoms. The molecular formula is C27H41N5O3. The summed E-state index contributed by atoms with van der Waals surface area (Å²) in [5.41, 5.74) is 9.87. The minimum absolute atomic E-state index is 0.0696. The molecule has 35 heavy (non-hydrogen) atoms. The number of aromatic nitrogens is 2. The highest BCUT2D eigenvalue weighted by Crippen LogP contribution is 2.37. The third kappa shape index (κ3) is 7.48. The van der Waals surface area contributed by atoms with Gasteiger partial charge >= 0.3 is 0 Å². The zero-order chi connectivity index (χ0) is 26.4. The number of nitrogens with two attached hydrogens (primary N) is 1. The van der Waals surface area contributed by atoms with Crippen LogP contribution >= 0.6 is 0 Å². The van der Waals surface area contributed by atoms with Crippen LogP contribution in [0.25, 0.3) is 11.3 Å². The summed E-state index contributed by atoms with van der Waals surface area (Å²) < 4.78 is 7.22. The summed E-state index contributed by atoms with van der Waals surface area (Å²) in [5, 5.41) is 19.0. The molecule has 1 unspecified atom stereocenters. The van der Waals surface area contributed by atoms with Gasteiger partial charge in [-0.2, -0.15) is 5.10 Å². The van der Waals surface area contributed by atoms with Crippen LogP contribution in [0.1, 0.15) is 45.9 Å². The van der Waals surface area contributed by atoms with Crippen molar-refractivity contribution in [1.29, 1.82) is 0 Å². The average Bonchev–Trinajstić information content (AvgIpc) is 3.37. The Morgan fingerprint density at radius 1 is 1.09 bits per heavy atom. The first-order chi connectivity index (χ1) is 17.0. The molecule has 0 saturated heterocycles. The number of hydrogen-bond donors (Lipinski definition) is 3. The number of aromatic hydroxyl groups is 1. The maximum absolute atomic E-state index is 10.9. The molecule has 1 aliphatic rings. The monoisotopic (exact) mass is 483 g/mol. The maximum atomic E-state index is 10.9. The number of carbonyl (C=O) groups excluding carboxylic acids is 1. The van der Waals surface area contributed by atoms with Crippen molar-refractivity contribution in [3.05, 3.63) is 59.8 Å². The normalized spacial score (nSPS) is 13.1. The van der Waals surface area contributed by atoms with Crippen molar-refractivity contribution in [1.82, 2.24) is 9.78 Å². The number of carbonyl (C=O) groups is 1. The highest BCUT2D eigenvalue weighted by atomic mass is 16.5. The molecule has 0 radical (unpaired) electrons. The lowest BCUT2D eigenvalue weighted by atomic mass is 10.1. The maximum Gasteiger partial charge on any atom is 0.204 e. The molecule has 0 saturated carbocycles. The first-order valence-electron chi connectivity index (χ1n) is 12.2. The van der Waals surface area contributed by atoms with Crippen LogP contribution in [-0.2, 0) is 29.6 Å². The number of amides is 1. The smallest absolute Gasteiger partial charge is 0.204 e. The van der Waals surface area contributed by atoms with Gasteiger partial charge in [0.1, 0.15) is 11.9 Å². The van der Waals surface area contributed by atoms with Crippen molar-refractivity contribution >= 4 is 17.8 Å². The summed E-state index contributed by atoms with van der Waals surface area (Å²) in [6.07, 6.45) is 0.961. The van der Waals surface area contributed by atoms with E-state index in [0.29, 0.717) is 25.3 Å². The number of primary amides is 1. The molecule has 1 aliphatic heterocycles. The van der Waals surface area contributed by atoms with Crippen LogP contribution in [0.2, 0.25) is 0 Å². The molecule has 2 aromatic carbocycles. The summed E-state index contributed by atoms with van der Waals surface area (Å²) in [7, 11) is 3.94. The predicted molar refractivity (Wildman–Crippen MR) is 145 cm³/mol. The van der Waals surface area contributed by atoms with Gasteiger partial charge in [-0.15, -0.1) is 0 Å². The number of nitrogens with one attached hydrogen (secondary N) is 1. The molecule has 192 valence electrons. The van der Waals surface area contributed by atoms with E-state index in [4.69, 9.17) is 9.53 Å². The molecule has 4 rings (SSSR count). The summed E-state index contributed by atoms with van der Waals surface area (Å²) in [5.74, 6) is 0.242. The fraction of sp³-hybridized carbons (Fsp3) is 0.407. The molecule has 0 aliphatic carbocycles. The van der Waals surface area contributed by atoms with Crippen molar-refractivity contribution in [3.63, 3.8) is 0 Å². The van der Waals surface area contributed by atoms with Gasteiger partial charge < -0.3 is 25.8 Å². The molecule has 1 amide bonds. The number of rotatable bonds is 6. The largest absolute Gasteiger partial charge is 0.504 e. The zero-order valence-electron chi connectivity index (χ0n) is 22.1. The summed E-state index contributed by atoms with van der Waals surface area (Å²) in [6.45, 7) is 11.3. The number of benzene rings is 2. The number of fused-ring (bicyclic) bond motifs is 1. The van der Waals surface area contributed by atoms with Crippen molar-refractivity contribution in [2.75, 3.05) is 23.9 Å². The molecule has 0 spiro atoms. The van der Waals surface area contributed by atoms with E-state index in [2.05, 4.69) is 40.2 Å². The highest BCUT2D eigenvalue weighted by Gasteiger charge is 2.28. The van der Waals surface area contributed by atoms with Gasteiger partial charge in [-0.25, -0.2) is 0 Å².